The molecule has 2 heterocycles. The topological polar surface area (TPSA) is 72.2 Å². The molecule has 142 valence electrons. The highest BCUT2D eigenvalue weighted by atomic mass is 35.5. The van der Waals surface area contributed by atoms with Crippen LogP contribution in [0, 0.1) is 13.8 Å². The van der Waals surface area contributed by atoms with E-state index < -0.39 is 23.3 Å². The Kier molecular flexibility index (Phi) is 5.29. The van der Waals surface area contributed by atoms with Crippen molar-refractivity contribution in [1.29, 1.82) is 0 Å². The number of halogens is 4. The second-order valence-corrected chi connectivity index (χ2v) is 6.99. The minimum absolute atomic E-state index is 0.183. The number of carbonyl (C=O) groups is 1. The van der Waals surface area contributed by atoms with Gasteiger partial charge in [0.2, 0.25) is 11.1 Å². The van der Waals surface area contributed by atoms with Crippen LogP contribution in [0.25, 0.3) is 5.78 Å². The fourth-order valence-electron chi connectivity index (χ4n) is 2.40. The first kappa shape index (κ1) is 19.4. The molecule has 1 aromatic carbocycles. The summed E-state index contributed by atoms with van der Waals surface area (Å²) in [5, 5.41) is 6.55. The molecule has 0 aliphatic carbocycles. The van der Waals surface area contributed by atoms with Crippen LogP contribution in [-0.4, -0.2) is 31.2 Å². The van der Waals surface area contributed by atoms with E-state index in [0.29, 0.717) is 10.9 Å². The SMILES string of the molecule is Cc1cc(C)n2nc(SCC(=O)Nc3c(Cl)cccc3C(F)(F)F)nc2n1. The summed E-state index contributed by atoms with van der Waals surface area (Å²) in [5.41, 5.74) is 0.134. The Morgan fingerprint density at radius 3 is 2.74 bits per heavy atom. The van der Waals surface area contributed by atoms with Crippen LogP contribution in [0.15, 0.2) is 29.4 Å². The molecule has 1 amide bonds. The monoisotopic (exact) mass is 415 g/mol. The second-order valence-electron chi connectivity index (χ2n) is 5.64. The fraction of sp³-hybridized carbons (Fsp3) is 0.250. The van der Waals surface area contributed by atoms with E-state index in [9.17, 15) is 18.0 Å². The molecular formula is C16H13ClF3N5OS. The Morgan fingerprint density at radius 1 is 1.30 bits per heavy atom. The number of amides is 1. The van der Waals surface area contributed by atoms with Gasteiger partial charge in [-0.2, -0.15) is 18.2 Å². The average Bonchev–Trinajstić information content (AvgIpc) is 2.97. The summed E-state index contributed by atoms with van der Waals surface area (Å²) in [6, 6.07) is 5.14. The van der Waals surface area contributed by atoms with Gasteiger partial charge < -0.3 is 5.32 Å². The molecule has 11 heteroatoms. The molecule has 0 aliphatic heterocycles. The molecule has 0 saturated heterocycles. The first-order valence-corrected chi connectivity index (χ1v) is 9.01. The van der Waals surface area contributed by atoms with Crippen LogP contribution < -0.4 is 5.32 Å². The predicted molar refractivity (Wildman–Crippen MR) is 96.1 cm³/mol. The molecule has 6 nitrogen and oxygen atoms in total. The van der Waals surface area contributed by atoms with E-state index in [4.69, 9.17) is 11.6 Å². The quantitative estimate of drug-likeness (QED) is 0.648. The number of para-hydroxylation sites is 1. The number of hydrogen-bond donors (Lipinski definition) is 1. The Hall–Kier alpha value is -2.33. The van der Waals surface area contributed by atoms with Crippen molar-refractivity contribution in [1.82, 2.24) is 19.6 Å². The Morgan fingerprint density at radius 2 is 2.04 bits per heavy atom. The molecule has 0 fully saturated rings. The maximum atomic E-state index is 13.1. The van der Waals surface area contributed by atoms with Crippen molar-refractivity contribution in [3.05, 3.63) is 46.2 Å². The van der Waals surface area contributed by atoms with Gasteiger partial charge in [-0.25, -0.2) is 9.50 Å². The van der Waals surface area contributed by atoms with Gasteiger partial charge in [0.15, 0.2) is 0 Å². The van der Waals surface area contributed by atoms with Crippen LogP contribution in [0.4, 0.5) is 18.9 Å². The summed E-state index contributed by atoms with van der Waals surface area (Å²) in [5.74, 6) is -0.448. The second kappa shape index (κ2) is 7.35. The molecule has 27 heavy (non-hydrogen) atoms. The van der Waals surface area contributed by atoms with Crippen molar-refractivity contribution in [2.75, 3.05) is 11.1 Å². The maximum Gasteiger partial charge on any atom is 0.418 e. The van der Waals surface area contributed by atoms with Crippen LogP contribution in [0.5, 0.6) is 0 Å². The zero-order valence-corrected chi connectivity index (χ0v) is 15.7. The van der Waals surface area contributed by atoms with Crippen molar-refractivity contribution in [3.8, 4) is 0 Å². The number of nitrogens with one attached hydrogen (secondary N) is 1. The third-order valence-corrected chi connectivity index (χ3v) is 4.67. The molecule has 3 aromatic rings. The number of hydrogen-bond acceptors (Lipinski definition) is 5. The Labute approximate surface area is 161 Å². The molecule has 0 spiro atoms. The Balaban J connectivity index is 1.74. The van der Waals surface area contributed by atoms with Crippen LogP contribution in [-0.2, 0) is 11.0 Å². The van der Waals surface area contributed by atoms with E-state index in [-0.39, 0.29) is 10.8 Å². The van der Waals surface area contributed by atoms with Gasteiger partial charge in [0, 0.05) is 11.4 Å². The lowest BCUT2D eigenvalue weighted by Gasteiger charge is -2.14. The first-order valence-electron chi connectivity index (χ1n) is 7.64. The summed E-state index contributed by atoms with van der Waals surface area (Å²) in [6.45, 7) is 3.66. The molecule has 0 radical (unpaired) electrons. The van der Waals surface area contributed by atoms with E-state index in [0.717, 1.165) is 29.2 Å². The number of alkyl halides is 3. The van der Waals surface area contributed by atoms with Crippen molar-refractivity contribution < 1.29 is 18.0 Å². The van der Waals surface area contributed by atoms with Crippen molar-refractivity contribution in [2.24, 2.45) is 0 Å². The van der Waals surface area contributed by atoms with Crippen molar-refractivity contribution in [2.45, 2.75) is 25.2 Å². The number of rotatable bonds is 4. The first-order chi connectivity index (χ1) is 12.6. The summed E-state index contributed by atoms with van der Waals surface area (Å²) in [6.07, 6.45) is -4.63. The predicted octanol–water partition coefficient (Wildman–Crippen LogP) is 4.14. The number of aromatic nitrogens is 4. The van der Waals surface area contributed by atoms with Crippen LogP contribution in [0.2, 0.25) is 5.02 Å². The van der Waals surface area contributed by atoms with Crippen LogP contribution in [0.1, 0.15) is 17.0 Å². The minimum Gasteiger partial charge on any atom is -0.324 e. The smallest absolute Gasteiger partial charge is 0.324 e. The molecule has 3 rings (SSSR count). The van der Waals surface area contributed by atoms with Gasteiger partial charge in [-0.15, -0.1) is 5.10 Å². The van der Waals surface area contributed by atoms with Gasteiger partial charge in [0.05, 0.1) is 22.0 Å². The summed E-state index contributed by atoms with van der Waals surface area (Å²) in [4.78, 5) is 20.6. The summed E-state index contributed by atoms with van der Waals surface area (Å²) >= 11 is 6.81. The maximum absolute atomic E-state index is 13.1. The minimum atomic E-state index is -4.63. The van der Waals surface area contributed by atoms with Gasteiger partial charge in [0.1, 0.15) is 0 Å². The molecular weight excluding hydrogens is 403 g/mol. The number of carbonyl (C=O) groups excluding carboxylic acids is 1. The molecule has 0 unspecified atom stereocenters. The van der Waals surface area contributed by atoms with Crippen molar-refractivity contribution in [3.63, 3.8) is 0 Å². The van der Waals surface area contributed by atoms with Gasteiger partial charge in [-0.05, 0) is 32.0 Å². The lowest BCUT2D eigenvalue weighted by molar-refractivity contribution is -0.137. The third kappa shape index (κ3) is 4.33. The van der Waals surface area contributed by atoms with Crippen LogP contribution >= 0.6 is 23.4 Å². The molecule has 0 aliphatic rings. The van der Waals surface area contributed by atoms with E-state index in [2.05, 4.69) is 20.4 Å². The molecule has 0 bridgehead atoms. The van der Waals surface area contributed by atoms with E-state index in [1.165, 1.54) is 16.6 Å². The molecule has 0 atom stereocenters. The molecule has 2 aromatic heterocycles. The normalized spacial score (nSPS) is 11.8. The van der Waals surface area contributed by atoms with Gasteiger partial charge in [-0.3, -0.25) is 4.79 Å². The van der Waals surface area contributed by atoms with Gasteiger partial charge in [-0.1, -0.05) is 29.4 Å². The van der Waals surface area contributed by atoms with E-state index in [1.54, 1.807) is 0 Å². The number of thioether (sulfide) groups is 1. The number of anilines is 1. The zero-order chi connectivity index (χ0) is 19.8. The third-order valence-electron chi connectivity index (χ3n) is 3.51. The lowest BCUT2D eigenvalue weighted by Crippen LogP contribution is -2.18. The largest absolute Gasteiger partial charge is 0.418 e. The van der Waals surface area contributed by atoms with Gasteiger partial charge in [0.25, 0.3) is 5.78 Å². The number of nitrogens with zero attached hydrogens (tertiary/aromatic N) is 4. The zero-order valence-electron chi connectivity index (χ0n) is 14.1. The van der Waals surface area contributed by atoms with E-state index in [1.807, 2.05) is 19.9 Å². The highest BCUT2D eigenvalue weighted by molar-refractivity contribution is 7.99. The highest BCUT2D eigenvalue weighted by Crippen LogP contribution is 2.38. The summed E-state index contributed by atoms with van der Waals surface area (Å²) < 4.78 is 40.8. The van der Waals surface area contributed by atoms with Gasteiger partial charge >= 0.3 is 6.18 Å². The Bertz CT molecular complexity index is 1020. The fourth-order valence-corrected chi connectivity index (χ4v) is 3.24. The summed E-state index contributed by atoms with van der Waals surface area (Å²) in [7, 11) is 0. The van der Waals surface area contributed by atoms with Crippen LogP contribution in [0.3, 0.4) is 0 Å². The van der Waals surface area contributed by atoms with E-state index >= 15 is 0 Å². The number of fused-ring (bicyclic) bond motifs is 1. The average molecular weight is 416 g/mol. The molecule has 0 saturated carbocycles. The number of benzene rings is 1. The number of aryl methyl sites for hydroxylation is 2. The molecule has 1 N–H and O–H groups in total. The lowest BCUT2D eigenvalue weighted by atomic mass is 10.1. The standard InChI is InChI=1S/C16H13ClF3N5OS/c1-8-6-9(2)25-14(21-8)23-15(24-25)27-7-12(26)22-13-10(16(18,19)20)4-3-5-11(13)17/h3-6H,7H2,1-2H3,(H,22,26). The highest BCUT2D eigenvalue weighted by Gasteiger charge is 2.34. The van der Waals surface area contributed by atoms with Crippen molar-refractivity contribution >= 4 is 40.7 Å².